The monoisotopic (exact) mass is 474 g/mol. The van der Waals surface area contributed by atoms with Crippen LogP contribution >= 0.6 is 0 Å². The SMILES string of the molecule is COc1cccc(-c2nc3ccc(/C=C/CCN4CCCC4)cc3c(=O)n2CC(=O)NC(C)C)c1. The number of aromatic nitrogens is 2. The van der Waals surface area contributed by atoms with Crippen LogP contribution in [-0.2, 0) is 11.3 Å². The molecule has 184 valence electrons. The molecule has 3 aromatic rings. The zero-order valence-electron chi connectivity index (χ0n) is 20.8. The minimum atomic E-state index is -0.237. The van der Waals surface area contributed by atoms with Crippen molar-refractivity contribution in [3.05, 3.63) is 64.5 Å². The quantitative estimate of drug-likeness (QED) is 0.505. The number of ether oxygens (including phenoxy) is 1. The van der Waals surface area contributed by atoms with Crippen LogP contribution in [0, 0.1) is 0 Å². The second kappa shape index (κ2) is 11.3. The first-order valence-electron chi connectivity index (χ1n) is 12.3. The van der Waals surface area contributed by atoms with Gasteiger partial charge in [-0.25, -0.2) is 4.98 Å². The lowest BCUT2D eigenvalue weighted by molar-refractivity contribution is -0.122. The molecule has 4 rings (SSSR count). The summed E-state index contributed by atoms with van der Waals surface area (Å²) in [5.74, 6) is 0.865. The molecule has 2 heterocycles. The lowest BCUT2D eigenvalue weighted by atomic mass is 10.1. The number of amides is 1. The summed E-state index contributed by atoms with van der Waals surface area (Å²) in [6.45, 7) is 7.12. The Bertz CT molecular complexity index is 1270. The number of benzene rings is 2. The van der Waals surface area contributed by atoms with Gasteiger partial charge in [-0.2, -0.15) is 0 Å². The third kappa shape index (κ3) is 6.17. The van der Waals surface area contributed by atoms with Gasteiger partial charge in [-0.1, -0.05) is 30.4 Å². The van der Waals surface area contributed by atoms with Crippen LogP contribution in [0.5, 0.6) is 5.75 Å². The smallest absolute Gasteiger partial charge is 0.262 e. The van der Waals surface area contributed by atoms with Crippen molar-refractivity contribution in [3.63, 3.8) is 0 Å². The summed E-state index contributed by atoms with van der Waals surface area (Å²) in [6.07, 6.45) is 7.78. The Hall–Kier alpha value is -3.45. The number of nitrogens with zero attached hydrogens (tertiary/aromatic N) is 3. The lowest BCUT2D eigenvalue weighted by Gasteiger charge is -2.15. The summed E-state index contributed by atoms with van der Waals surface area (Å²) in [4.78, 5) is 33.5. The summed E-state index contributed by atoms with van der Waals surface area (Å²) < 4.78 is 6.81. The molecule has 1 N–H and O–H groups in total. The minimum absolute atomic E-state index is 0.0239. The molecule has 0 unspecified atom stereocenters. The summed E-state index contributed by atoms with van der Waals surface area (Å²) in [6, 6.07) is 13.1. The van der Waals surface area contributed by atoms with Crippen molar-refractivity contribution < 1.29 is 9.53 Å². The molecule has 0 radical (unpaired) electrons. The minimum Gasteiger partial charge on any atom is -0.497 e. The van der Waals surface area contributed by atoms with Crippen molar-refractivity contribution in [2.24, 2.45) is 0 Å². The van der Waals surface area contributed by atoms with Gasteiger partial charge >= 0.3 is 0 Å². The Morgan fingerprint density at radius 3 is 2.71 bits per heavy atom. The standard InChI is InChI=1S/C28H34N4O3/c1-20(2)29-26(33)19-32-27(22-10-8-11-23(18-22)35-3)30-25-13-12-21(17-24(25)28(32)34)9-4-5-14-31-15-6-7-16-31/h4,8-13,17-18,20H,5-7,14-16,19H2,1-3H3,(H,29,33)/b9-4+. The molecular weight excluding hydrogens is 440 g/mol. The average molecular weight is 475 g/mol. The summed E-state index contributed by atoms with van der Waals surface area (Å²) in [5, 5.41) is 3.37. The Morgan fingerprint density at radius 2 is 1.97 bits per heavy atom. The number of nitrogens with one attached hydrogen (secondary N) is 1. The van der Waals surface area contributed by atoms with Crippen LogP contribution < -0.4 is 15.6 Å². The van der Waals surface area contributed by atoms with E-state index in [4.69, 9.17) is 9.72 Å². The maximum absolute atomic E-state index is 13.6. The van der Waals surface area contributed by atoms with Gasteiger partial charge in [0.25, 0.3) is 5.56 Å². The largest absolute Gasteiger partial charge is 0.497 e. The average Bonchev–Trinajstić information content (AvgIpc) is 3.37. The number of likely N-dealkylation sites (tertiary alicyclic amines) is 1. The molecule has 7 heteroatoms. The maximum atomic E-state index is 13.6. The van der Waals surface area contributed by atoms with Crippen LogP contribution in [0.4, 0.5) is 0 Å². The van der Waals surface area contributed by atoms with E-state index in [1.165, 1.54) is 30.5 Å². The van der Waals surface area contributed by atoms with Gasteiger partial charge in [0.1, 0.15) is 18.1 Å². The van der Waals surface area contributed by atoms with Crippen molar-refractivity contribution in [2.45, 2.75) is 45.7 Å². The zero-order chi connectivity index (χ0) is 24.8. The second-order valence-electron chi connectivity index (χ2n) is 9.30. The molecule has 1 aromatic heterocycles. The van der Waals surface area contributed by atoms with Crippen LogP contribution in [0.1, 0.15) is 38.7 Å². The highest BCUT2D eigenvalue weighted by atomic mass is 16.5. The van der Waals surface area contributed by atoms with E-state index in [-0.39, 0.29) is 24.1 Å². The first-order valence-corrected chi connectivity index (χ1v) is 12.3. The van der Waals surface area contributed by atoms with E-state index in [9.17, 15) is 9.59 Å². The van der Waals surface area contributed by atoms with Crippen molar-refractivity contribution in [1.29, 1.82) is 0 Å². The molecule has 0 bridgehead atoms. The Labute approximate surface area is 206 Å². The maximum Gasteiger partial charge on any atom is 0.262 e. The number of hydrogen-bond donors (Lipinski definition) is 1. The fraction of sp³-hybridized carbons (Fsp3) is 0.393. The van der Waals surface area contributed by atoms with Gasteiger partial charge < -0.3 is 15.0 Å². The van der Waals surface area contributed by atoms with E-state index in [1.54, 1.807) is 7.11 Å². The molecule has 35 heavy (non-hydrogen) atoms. The van der Waals surface area contributed by atoms with Gasteiger partial charge in [0.15, 0.2) is 0 Å². The van der Waals surface area contributed by atoms with E-state index >= 15 is 0 Å². The molecule has 1 aliphatic rings. The summed E-state index contributed by atoms with van der Waals surface area (Å²) in [7, 11) is 1.59. The molecule has 2 aromatic carbocycles. The Balaban J connectivity index is 1.69. The lowest BCUT2D eigenvalue weighted by Crippen LogP contribution is -2.37. The highest BCUT2D eigenvalue weighted by molar-refractivity contribution is 5.83. The molecule has 0 atom stereocenters. The van der Waals surface area contributed by atoms with Crippen molar-refractivity contribution in [3.8, 4) is 17.1 Å². The first kappa shape index (κ1) is 24.7. The first-order chi connectivity index (χ1) is 16.9. The van der Waals surface area contributed by atoms with Gasteiger partial charge in [-0.3, -0.25) is 14.2 Å². The molecule has 1 fully saturated rings. The summed E-state index contributed by atoms with van der Waals surface area (Å²) in [5.41, 5.74) is 2.03. The Kier molecular flexibility index (Phi) is 7.98. The summed E-state index contributed by atoms with van der Waals surface area (Å²) >= 11 is 0. The van der Waals surface area contributed by atoms with Crippen molar-refractivity contribution >= 4 is 22.9 Å². The van der Waals surface area contributed by atoms with E-state index in [2.05, 4.69) is 22.4 Å². The molecule has 0 aliphatic carbocycles. The van der Waals surface area contributed by atoms with Crippen LogP contribution in [0.2, 0.25) is 0 Å². The Morgan fingerprint density at radius 1 is 1.17 bits per heavy atom. The van der Waals surface area contributed by atoms with Crippen LogP contribution in [-0.4, -0.2) is 53.1 Å². The predicted molar refractivity (Wildman–Crippen MR) is 141 cm³/mol. The van der Waals surface area contributed by atoms with Crippen LogP contribution in [0.15, 0.2) is 53.3 Å². The fourth-order valence-electron chi connectivity index (χ4n) is 4.47. The number of hydrogen-bond acceptors (Lipinski definition) is 5. The highest BCUT2D eigenvalue weighted by Crippen LogP contribution is 2.24. The number of carbonyl (C=O) groups excluding carboxylic acids is 1. The van der Waals surface area contributed by atoms with E-state index in [0.717, 1.165) is 18.5 Å². The molecule has 0 saturated carbocycles. The topological polar surface area (TPSA) is 76.5 Å². The van der Waals surface area contributed by atoms with E-state index < -0.39 is 0 Å². The van der Waals surface area contributed by atoms with Gasteiger partial charge in [-0.05, 0) is 76.0 Å². The van der Waals surface area contributed by atoms with Gasteiger partial charge in [0.05, 0.1) is 18.0 Å². The number of methoxy groups -OCH3 is 1. The fourth-order valence-corrected chi connectivity index (χ4v) is 4.47. The molecule has 1 amide bonds. The molecule has 1 aliphatic heterocycles. The van der Waals surface area contributed by atoms with Crippen LogP contribution in [0.25, 0.3) is 28.4 Å². The number of carbonyl (C=O) groups is 1. The van der Waals surface area contributed by atoms with Crippen molar-refractivity contribution in [2.75, 3.05) is 26.7 Å². The van der Waals surface area contributed by atoms with E-state index in [1.807, 2.05) is 56.3 Å². The molecule has 1 saturated heterocycles. The molecular formula is C28H34N4O3. The van der Waals surface area contributed by atoms with Gasteiger partial charge in [0, 0.05) is 18.2 Å². The second-order valence-corrected chi connectivity index (χ2v) is 9.30. The molecule has 7 nitrogen and oxygen atoms in total. The van der Waals surface area contributed by atoms with Gasteiger partial charge in [0.2, 0.25) is 5.91 Å². The van der Waals surface area contributed by atoms with Gasteiger partial charge in [-0.15, -0.1) is 0 Å². The van der Waals surface area contributed by atoms with E-state index in [0.29, 0.717) is 28.0 Å². The zero-order valence-corrected chi connectivity index (χ0v) is 20.8. The highest BCUT2D eigenvalue weighted by Gasteiger charge is 2.17. The molecule has 0 spiro atoms. The normalized spacial score (nSPS) is 14.3. The van der Waals surface area contributed by atoms with Crippen LogP contribution in [0.3, 0.4) is 0 Å². The predicted octanol–water partition coefficient (Wildman–Crippen LogP) is 4.10. The number of rotatable bonds is 9. The van der Waals surface area contributed by atoms with Crippen molar-refractivity contribution in [1.82, 2.24) is 19.8 Å². The number of fused-ring (bicyclic) bond motifs is 1. The third-order valence-electron chi connectivity index (χ3n) is 6.18. The third-order valence-corrected chi connectivity index (χ3v) is 6.18.